The number of halogens is 1. The lowest BCUT2D eigenvalue weighted by Crippen LogP contribution is -2.11. The summed E-state index contributed by atoms with van der Waals surface area (Å²) in [5.74, 6) is 1.34. The minimum atomic E-state index is 0.403. The highest BCUT2D eigenvalue weighted by atomic mass is 79.9. The number of thiazole rings is 1. The van der Waals surface area contributed by atoms with Crippen molar-refractivity contribution in [2.75, 3.05) is 11.9 Å². The topological polar surface area (TPSA) is 37.8 Å². The third-order valence-electron chi connectivity index (χ3n) is 2.49. The maximum absolute atomic E-state index is 4.36. The molecule has 1 N–H and O–H groups in total. The fourth-order valence-electron chi connectivity index (χ4n) is 1.54. The Kier molecular flexibility index (Phi) is 4.12. The monoisotopic (exact) mass is 311 g/mol. The summed E-state index contributed by atoms with van der Waals surface area (Å²) in [6, 6.07) is 2.06. The fraction of sp³-hybridized carbons (Fsp3) is 0.333. The average molecular weight is 312 g/mol. The minimum absolute atomic E-state index is 0.403. The van der Waals surface area contributed by atoms with Gasteiger partial charge in [-0.2, -0.15) is 0 Å². The summed E-state index contributed by atoms with van der Waals surface area (Å²) in [7, 11) is 0. The second-order valence-corrected chi connectivity index (χ2v) is 5.81. The van der Waals surface area contributed by atoms with Gasteiger partial charge in [-0.1, -0.05) is 6.92 Å². The van der Waals surface area contributed by atoms with E-state index < -0.39 is 0 Å². The van der Waals surface area contributed by atoms with Gasteiger partial charge >= 0.3 is 0 Å². The van der Waals surface area contributed by atoms with Crippen LogP contribution in [0.4, 0.5) is 5.82 Å². The fourth-order valence-corrected chi connectivity index (χ4v) is 2.68. The van der Waals surface area contributed by atoms with Gasteiger partial charge in [0.25, 0.3) is 0 Å². The normalized spacial score (nSPS) is 12.4. The van der Waals surface area contributed by atoms with Crippen LogP contribution in [0.1, 0.15) is 23.4 Å². The first kappa shape index (κ1) is 12.5. The summed E-state index contributed by atoms with van der Waals surface area (Å²) in [6.45, 7) is 5.07. The molecule has 0 aromatic carbocycles. The molecule has 1 atom stereocenters. The highest BCUT2D eigenvalue weighted by Crippen LogP contribution is 2.20. The minimum Gasteiger partial charge on any atom is -0.369 e. The van der Waals surface area contributed by atoms with E-state index in [-0.39, 0.29) is 0 Å². The molecule has 0 bridgehead atoms. The summed E-state index contributed by atoms with van der Waals surface area (Å²) < 4.78 is 1.01. The zero-order valence-electron chi connectivity index (χ0n) is 9.77. The second kappa shape index (κ2) is 5.60. The first-order chi connectivity index (χ1) is 8.16. The van der Waals surface area contributed by atoms with Gasteiger partial charge < -0.3 is 5.32 Å². The standard InChI is InChI=1S/C12H14BrN3S/c1-8-5-10(13)7-16-11(8)15-6-9(2)12-14-3-4-17-12/h3-5,7,9H,6H2,1-2H3,(H,15,16). The highest BCUT2D eigenvalue weighted by Gasteiger charge is 2.08. The Morgan fingerprint density at radius 2 is 2.29 bits per heavy atom. The maximum Gasteiger partial charge on any atom is 0.128 e. The number of nitrogens with one attached hydrogen (secondary N) is 1. The maximum atomic E-state index is 4.36. The van der Waals surface area contributed by atoms with Gasteiger partial charge in [0.05, 0.1) is 5.01 Å². The first-order valence-electron chi connectivity index (χ1n) is 5.42. The van der Waals surface area contributed by atoms with Crippen molar-refractivity contribution in [1.29, 1.82) is 0 Å². The lowest BCUT2D eigenvalue weighted by molar-refractivity contribution is 0.791. The van der Waals surface area contributed by atoms with Crippen LogP contribution in [0.25, 0.3) is 0 Å². The van der Waals surface area contributed by atoms with Crippen molar-refractivity contribution in [3.63, 3.8) is 0 Å². The molecule has 2 rings (SSSR count). The smallest absolute Gasteiger partial charge is 0.128 e. The molecule has 2 aromatic heterocycles. The molecule has 0 aliphatic heterocycles. The zero-order valence-corrected chi connectivity index (χ0v) is 12.2. The molecule has 1 unspecified atom stereocenters. The number of aromatic nitrogens is 2. The van der Waals surface area contributed by atoms with E-state index in [0.717, 1.165) is 27.4 Å². The van der Waals surface area contributed by atoms with Crippen LogP contribution in [0.5, 0.6) is 0 Å². The van der Waals surface area contributed by atoms with E-state index in [1.54, 1.807) is 11.3 Å². The molecule has 2 aromatic rings. The van der Waals surface area contributed by atoms with Gasteiger partial charge in [0.2, 0.25) is 0 Å². The van der Waals surface area contributed by atoms with Crippen LogP contribution < -0.4 is 5.32 Å². The van der Waals surface area contributed by atoms with E-state index >= 15 is 0 Å². The Morgan fingerprint density at radius 1 is 1.47 bits per heavy atom. The number of rotatable bonds is 4. The second-order valence-electron chi connectivity index (χ2n) is 3.97. The van der Waals surface area contributed by atoms with Crippen molar-refractivity contribution in [2.45, 2.75) is 19.8 Å². The molecule has 17 heavy (non-hydrogen) atoms. The number of aryl methyl sites for hydroxylation is 1. The predicted molar refractivity (Wildman–Crippen MR) is 75.7 cm³/mol. The molecule has 0 spiro atoms. The van der Waals surface area contributed by atoms with Crippen LogP contribution >= 0.6 is 27.3 Å². The SMILES string of the molecule is Cc1cc(Br)cnc1NCC(C)c1nccs1. The first-order valence-corrected chi connectivity index (χ1v) is 7.09. The highest BCUT2D eigenvalue weighted by molar-refractivity contribution is 9.10. The molecule has 90 valence electrons. The molecular formula is C12H14BrN3S. The quantitative estimate of drug-likeness (QED) is 0.932. The number of hydrogen-bond donors (Lipinski definition) is 1. The van der Waals surface area contributed by atoms with Crippen LogP contribution in [0.15, 0.2) is 28.3 Å². The molecule has 3 nitrogen and oxygen atoms in total. The molecule has 2 heterocycles. The third kappa shape index (κ3) is 3.26. The number of hydrogen-bond acceptors (Lipinski definition) is 4. The number of anilines is 1. The van der Waals surface area contributed by atoms with Gasteiger partial charge in [-0.05, 0) is 34.5 Å². The van der Waals surface area contributed by atoms with Gasteiger partial charge in [0, 0.05) is 34.7 Å². The van der Waals surface area contributed by atoms with E-state index in [4.69, 9.17) is 0 Å². The van der Waals surface area contributed by atoms with E-state index in [1.165, 1.54) is 0 Å². The summed E-state index contributed by atoms with van der Waals surface area (Å²) in [6.07, 6.45) is 3.66. The van der Waals surface area contributed by atoms with Gasteiger partial charge in [-0.3, -0.25) is 0 Å². The molecule has 0 fully saturated rings. The van der Waals surface area contributed by atoms with Crippen LogP contribution in [0.3, 0.4) is 0 Å². The van der Waals surface area contributed by atoms with Crippen molar-refractivity contribution in [1.82, 2.24) is 9.97 Å². The van der Waals surface area contributed by atoms with Crippen LogP contribution in [-0.4, -0.2) is 16.5 Å². The Morgan fingerprint density at radius 3 is 2.94 bits per heavy atom. The molecule has 5 heteroatoms. The van der Waals surface area contributed by atoms with Crippen molar-refractivity contribution in [3.05, 3.63) is 38.9 Å². The third-order valence-corrected chi connectivity index (χ3v) is 3.93. The summed E-state index contributed by atoms with van der Waals surface area (Å²) >= 11 is 5.10. The van der Waals surface area contributed by atoms with Crippen LogP contribution in [-0.2, 0) is 0 Å². The zero-order chi connectivity index (χ0) is 12.3. The molecular weight excluding hydrogens is 298 g/mol. The lowest BCUT2D eigenvalue weighted by Gasteiger charge is -2.12. The largest absolute Gasteiger partial charge is 0.369 e. The molecule has 0 aliphatic carbocycles. The van der Waals surface area contributed by atoms with Gasteiger partial charge in [0.1, 0.15) is 5.82 Å². The molecule has 0 saturated heterocycles. The van der Waals surface area contributed by atoms with E-state index in [1.807, 2.05) is 24.7 Å². The predicted octanol–water partition coefficient (Wildman–Crippen LogP) is 3.82. The molecule has 0 amide bonds. The average Bonchev–Trinajstić information content (AvgIpc) is 2.81. The summed E-state index contributed by atoms with van der Waals surface area (Å²) in [5.41, 5.74) is 1.14. The Labute approximate surface area is 113 Å². The van der Waals surface area contributed by atoms with Crippen molar-refractivity contribution in [2.24, 2.45) is 0 Å². The van der Waals surface area contributed by atoms with Crippen LogP contribution in [0, 0.1) is 6.92 Å². The van der Waals surface area contributed by atoms with Gasteiger partial charge in [-0.15, -0.1) is 11.3 Å². The van der Waals surface area contributed by atoms with Crippen molar-refractivity contribution >= 4 is 33.1 Å². The number of nitrogens with zero attached hydrogens (tertiary/aromatic N) is 2. The van der Waals surface area contributed by atoms with Gasteiger partial charge in [0.15, 0.2) is 0 Å². The molecule has 0 radical (unpaired) electrons. The Balaban J connectivity index is 1.98. The van der Waals surface area contributed by atoms with Gasteiger partial charge in [-0.25, -0.2) is 9.97 Å². The lowest BCUT2D eigenvalue weighted by atomic mass is 10.2. The van der Waals surface area contributed by atoms with Crippen LogP contribution in [0.2, 0.25) is 0 Å². The molecule has 0 aliphatic rings. The van der Waals surface area contributed by atoms with E-state index in [2.05, 4.69) is 44.2 Å². The Hall–Kier alpha value is -0.940. The molecule has 0 saturated carbocycles. The summed E-state index contributed by atoms with van der Waals surface area (Å²) in [4.78, 5) is 8.67. The van der Waals surface area contributed by atoms with Crippen molar-refractivity contribution in [3.8, 4) is 0 Å². The summed E-state index contributed by atoms with van der Waals surface area (Å²) in [5, 5.41) is 6.53. The number of pyridine rings is 1. The van der Waals surface area contributed by atoms with E-state index in [0.29, 0.717) is 5.92 Å². The van der Waals surface area contributed by atoms with Crippen molar-refractivity contribution < 1.29 is 0 Å². The van der Waals surface area contributed by atoms with E-state index in [9.17, 15) is 0 Å². The Bertz CT molecular complexity index is 485.